The van der Waals surface area contributed by atoms with E-state index in [-0.39, 0.29) is 12.6 Å². The number of benzene rings is 1. The molecule has 0 aliphatic carbocycles. The molecule has 16 heavy (non-hydrogen) atoms. The summed E-state index contributed by atoms with van der Waals surface area (Å²) in [6.45, 7) is 3.24. The minimum atomic E-state index is -0.0973. The predicted molar refractivity (Wildman–Crippen MR) is 66.6 cm³/mol. The average Bonchev–Trinajstić information content (AvgIpc) is 2.62. The molecular formula is C13H20N2O. The van der Waals surface area contributed by atoms with E-state index >= 15 is 0 Å². The Labute approximate surface area is 96.9 Å². The molecule has 1 aromatic carbocycles. The molecule has 1 aromatic rings. The van der Waals surface area contributed by atoms with Crippen LogP contribution in [0.2, 0.25) is 0 Å². The maximum absolute atomic E-state index is 8.93. The van der Waals surface area contributed by atoms with E-state index in [1.165, 1.54) is 11.3 Å². The number of hydrogen-bond acceptors (Lipinski definition) is 3. The molecule has 0 bridgehead atoms. The van der Waals surface area contributed by atoms with Crippen molar-refractivity contribution in [3.63, 3.8) is 0 Å². The Morgan fingerprint density at radius 1 is 1.50 bits per heavy atom. The summed E-state index contributed by atoms with van der Waals surface area (Å²) in [5, 5.41) is 8.93. The molecule has 0 saturated heterocycles. The van der Waals surface area contributed by atoms with Gasteiger partial charge in [0, 0.05) is 24.3 Å². The smallest absolute Gasteiger partial charge is 0.0583 e. The largest absolute Gasteiger partial charge is 0.395 e. The second-order valence-corrected chi connectivity index (χ2v) is 4.61. The topological polar surface area (TPSA) is 49.5 Å². The van der Waals surface area contributed by atoms with Crippen molar-refractivity contribution < 1.29 is 5.11 Å². The molecule has 2 atom stereocenters. The van der Waals surface area contributed by atoms with Crippen molar-refractivity contribution in [3.05, 3.63) is 29.8 Å². The normalized spacial score (nSPS) is 20.9. The number of nitrogens with zero attached hydrogens (tertiary/aromatic N) is 1. The van der Waals surface area contributed by atoms with E-state index in [2.05, 4.69) is 36.1 Å². The lowest BCUT2D eigenvalue weighted by atomic mass is 10.1. The third-order valence-corrected chi connectivity index (χ3v) is 3.32. The Morgan fingerprint density at radius 3 is 3.00 bits per heavy atom. The van der Waals surface area contributed by atoms with Gasteiger partial charge < -0.3 is 15.7 Å². The number of fused-ring (bicyclic) bond motifs is 1. The van der Waals surface area contributed by atoms with Gasteiger partial charge in [-0.05, 0) is 31.4 Å². The number of nitrogens with two attached hydrogens (primary N) is 1. The first-order chi connectivity index (χ1) is 7.72. The van der Waals surface area contributed by atoms with E-state index in [9.17, 15) is 0 Å². The van der Waals surface area contributed by atoms with Gasteiger partial charge >= 0.3 is 0 Å². The highest BCUT2D eigenvalue weighted by Crippen LogP contribution is 2.31. The highest BCUT2D eigenvalue weighted by Gasteiger charge is 2.25. The molecule has 3 heteroatoms. The molecule has 1 aliphatic rings. The molecule has 0 saturated carbocycles. The van der Waals surface area contributed by atoms with Crippen LogP contribution in [-0.4, -0.2) is 30.3 Å². The lowest BCUT2D eigenvalue weighted by molar-refractivity contribution is 0.260. The van der Waals surface area contributed by atoms with Crippen molar-refractivity contribution in [2.24, 2.45) is 5.73 Å². The molecule has 0 radical (unpaired) electrons. The van der Waals surface area contributed by atoms with Crippen LogP contribution in [0.25, 0.3) is 0 Å². The Kier molecular flexibility index (Phi) is 3.46. The van der Waals surface area contributed by atoms with Gasteiger partial charge in [0.05, 0.1) is 6.61 Å². The third-order valence-electron chi connectivity index (χ3n) is 3.32. The molecule has 2 unspecified atom stereocenters. The maximum atomic E-state index is 8.93. The van der Waals surface area contributed by atoms with Crippen LogP contribution >= 0.6 is 0 Å². The van der Waals surface area contributed by atoms with Gasteiger partial charge in [-0.3, -0.25) is 0 Å². The van der Waals surface area contributed by atoms with E-state index in [0.29, 0.717) is 6.04 Å². The number of anilines is 1. The Hall–Kier alpha value is -1.06. The van der Waals surface area contributed by atoms with Gasteiger partial charge in [-0.25, -0.2) is 0 Å². The second kappa shape index (κ2) is 4.85. The van der Waals surface area contributed by atoms with Crippen molar-refractivity contribution in [2.75, 3.05) is 18.1 Å². The maximum Gasteiger partial charge on any atom is 0.0583 e. The van der Waals surface area contributed by atoms with Gasteiger partial charge in [-0.1, -0.05) is 18.2 Å². The zero-order valence-corrected chi connectivity index (χ0v) is 9.76. The first-order valence-electron chi connectivity index (χ1n) is 5.93. The fourth-order valence-corrected chi connectivity index (χ4v) is 2.37. The molecule has 3 nitrogen and oxygen atoms in total. The molecule has 1 heterocycles. The number of aliphatic hydroxyl groups is 1. The van der Waals surface area contributed by atoms with Gasteiger partial charge in [-0.2, -0.15) is 0 Å². The van der Waals surface area contributed by atoms with Crippen molar-refractivity contribution in [1.29, 1.82) is 0 Å². The summed E-state index contributed by atoms with van der Waals surface area (Å²) in [6, 6.07) is 8.98. The fraction of sp³-hybridized carbons (Fsp3) is 0.538. The molecule has 0 fully saturated rings. The van der Waals surface area contributed by atoms with Gasteiger partial charge in [0.1, 0.15) is 0 Å². The second-order valence-electron chi connectivity index (χ2n) is 4.61. The number of para-hydroxylation sites is 1. The Morgan fingerprint density at radius 2 is 2.25 bits per heavy atom. The summed E-state index contributed by atoms with van der Waals surface area (Å²) < 4.78 is 0. The molecule has 2 rings (SSSR count). The van der Waals surface area contributed by atoms with Crippen LogP contribution in [0, 0.1) is 0 Å². The van der Waals surface area contributed by atoms with Crippen LogP contribution in [0.4, 0.5) is 5.69 Å². The summed E-state index contributed by atoms with van der Waals surface area (Å²) in [7, 11) is 0. The van der Waals surface area contributed by atoms with Crippen LogP contribution < -0.4 is 10.6 Å². The lowest BCUT2D eigenvalue weighted by Crippen LogP contribution is -2.35. The predicted octanol–water partition coefficient (Wildman–Crippen LogP) is 1.15. The summed E-state index contributed by atoms with van der Waals surface area (Å²) in [4.78, 5) is 2.39. The van der Waals surface area contributed by atoms with E-state index in [1.54, 1.807) is 0 Å². The first kappa shape index (κ1) is 11.4. The van der Waals surface area contributed by atoms with E-state index in [4.69, 9.17) is 10.8 Å². The van der Waals surface area contributed by atoms with Crippen LogP contribution in [0.5, 0.6) is 0 Å². The van der Waals surface area contributed by atoms with Gasteiger partial charge in [0.15, 0.2) is 0 Å². The number of hydrogen-bond donors (Lipinski definition) is 2. The lowest BCUT2D eigenvalue weighted by Gasteiger charge is -2.26. The molecule has 0 spiro atoms. The Balaban J connectivity index is 2.04. The quantitative estimate of drug-likeness (QED) is 0.800. The zero-order valence-electron chi connectivity index (χ0n) is 9.76. The zero-order chi connectivity index (χ0) is 11.5. The monoisotopic (exact) mass is 220 g/mol. The highest BCUT2D eigenvalue weighted by atomic mass is 16.3. The number of rotatable bonds is 4. The van der Waals surface area contributed by atoms with E-state index in [1.807, 2.05) is 0 Å². The molecule has 88 valence electrons. The minimum absolute atomic E-state index is 0.0733. The summed E-state index contributed by atoms with van der Waals surface area (Å²) in [5.41, 5.74) is 8.50. The SMILES string of the molecule is CC1Cc2ccccc2N1CCC(N)CO. The van der Waals surface area contributed by atoms with Gasteiger partial charge in [-0.15, -0.1) is 0 Å². The van der Waals surface area contributed by atoms with Gasteiger partial charge in [0.25, 0.3) is 0 Å². The highest BCUT2D eigenvalue weighted by molar-refractivity contribution is 5.59. The first-order valence-corrected chi connectivity index (χ1v) is 5.93. The Bertz CT molecular complexity index is 354. The van der Waals surface area contributed by atoms with Crippen molar-refractivity contribution >= 4 is 5.69 Å². The summed E-state index contributed by atoms with van der Waals surface area (Å²) in [6.07, 6.45) is 1.96. The molecular weight excluding hydrogens is 200 g/mol. The van der Waals surface area contributed by atoms with Crippen molar-refractivity contribution in [1.82, 2.24) is 0 Å². The van der Waals surface area contributed by atoms with E-state index < -0.39 is 0 Å². The summed E-state index contributed by atoms with van der Waals surface area (Å²) >= 11 is 0. The van der Waals surface area contributed by atoms with Crippen molar-refractivity contribution in [3.8, 4) is 0 Å². The van der Waals surface area contributed by atoms with E-state index in [0.717, 1.165) is 19.4 Å². The van der Waals surface area contributed by atoms with Crippen LogP contribution in [0.15, 0.2) is 24.3 Å². The average molecular weight is 220 g/mol. The van der Waals surface area contributed by atoms with Gasteiger partial charge in [0.2, 0.25) is 0 Å². The van der Waals surface area contributed by atoms with Crippen LogP contribution in [0.3, 0.4) is 0 Å². The molecule has 1 aliphatic heterocycles. The van der Waals surface area contributed by atoms with Crippen molar-refractivity contribution in [2.45, 2.75) is 31.8 Å². The minimum Gasteiger partial charge on any atom is -0.395 e. The molecule has 0 aromatic heterocycles. The third kappa shape index (κ3) is 2.20. The number of aliphatic hydroxyl groups excluding tert-OH is 1. The molecule has 3 N–H and O–H groups in total. The standard InChI is InChI=1S/C13H20N2O/c1-10-8-11-4-2-3-5-13(11)15(10)7-6-12(14)9-16/h2-5,10,12,16H,6-9,14H2,1H3. The van der Waals surface area contributed by atoms with Crippen LogP contribution in [0.1, 0.15) is 18.9 Å². The fourth-order valence-electron chi connectivity index (χ4n) is 2.37. The van der Waals surface area contributed by atoms with Crippen LogP contribution in [-0.2, 0) is 6.42 Å². The molecule has 0 amide bonds. The summed E-state index contributed by atoms with van der Waals surface area (Å²) in [5.74, 6) is 0.